The van der Waals surface area contributed by atoms with Gasteiger partial charge in [-0.2, -0.15) is 0 Å². The van der Waals surface area contributed by atoms with Crippen LogP contribution >= 0.6 is 22.7 Å². The van der Waals surface area contributed by atoms with E-state index in [-0.39, 0.29) is 0 Å². The predicted octanol–water partition coefficient (Wildman–Crippen LogP) is 6.13. The minimum Gasteiger partial charge on any atom is -0.487 e. The van der Waals surface area contributed by atoms with Gasteiger partial charge in [-0.3, -0.25) is 9.59 Å². The van der Waals surface area contributed by atoms with Crippen molar-refractivity contribution in [3.05, 3.63) is 105 Å². The van der Waals surface area contributed by atoms with Gasteiger partial charge < -0.3 is 14.9 Å². The summed E-state index contributed by atoms with van der Waals surface area (Å²) in [5.74, 6) is -1.11. The zero-order chi connectivity index (χ0) is 24.4. The fourth-order valence-electron chi connectivity index (χ4n) is 4.46. The lowest BCUT2D eigenvalue weighted by molar-refractivity contribution is -0.114. The number of amides is 1. The van der Waals surface area contributed by atoms with Crippen molar-refractivity contribution >= 4 is 39.9 Å². The zero-order valence-electron chi connectivity index (χ0n) is 19.2. The number of Topliss-reactive ketones (excluding diaryl/α,β-unsaturated/α-hetero) is 1. The van der Waals surface area contributed by atoms with Crippen LogP contribution in [0.1, 0.15) is 39.0 Å². The van der Waals surface area contributed by atoms with E-state index in [0.29, 0.717) is 36.3 Å². The Hall–Kier alpha value is -3.68. The number of thiophene rings is 2. The highest BCUT2D eigenvalue weighted by molar-refractivity contribution is 7.14. The number of hydrogen-bond acceptors (Lipinski definition) is 5. The van der Waals surface area contributed by atoms with Crippen LogP contribution in [0.3, 0.4) is 0 Å². The lowest BCUT2D eigenvalue weighted by Crippen LogP contribution is -2.24. The van der Waals surface area contributed by atoms with E-state index in [9.17, 15) is 9.59 Å². The summed E-state index contributed by atoms with van der Waals surface area (Å²) >= 11 is 3.40. The summed E-state index contributed by atoms with van der Waals surface area (Å²) in [6.07, 6.45) is 3.14. The fourth-order valence-corrected chi connectivity index (χ4v) is 6.20. The molecule has 0 bridgehead atoms. The van der Waals surface area contributed by atoms with Crippen molar-refractivity contribution < 1.29 is 14.3 Å². The maximum Gasteiger partial charge on any atom is 0.289 e. The van der Waals surface area contributed by atoms with Crippen LogP contribution in [0.15, 0.2) is 77.6 Å². The van der Waals surface area contributed by atoms with E-state index in [4.69, 9.17) is 10.5 Å². The number of ether oxygens (including phenoxy) is 1. The predicted molar refractivity (Wildman–Crippen MR) is 142 cm³/mol. The third-order valence-corrected chi connectivity index (χ3v) is 7.86. The first-order valence-corrected chi connectivity index (χ1v) is 13.1. The largest absolute Gasteiger partial charge is 0.487 e. The first-order valence-electron chi connectivity index (χ1n) is 11.3. The molecule has 0 radical (unpaired) electrons. The maximum atomic E-state index is 13.1. The van der Waals surface area contributed by atoms with E-state index in [1.807, 2.05) is 66.1 Å². The number of benzene rings is 1. The summed E-state index contributed by atoms with van der Waals surface area (Å²) in [7, 11) is 0. The Morgan fingerprint density at radius 3 is 2.51 bits per heavy atom. The maximum absolute atomic E-state index is 13.1. The smallest absolute Gasteiger partial charge is 0.289 e. The van der Waals surface area contributed by atoms with Gasteiger partial charge in [0.05, 0.1) is 11.1 Å². The van der Waals surface area contributed by atoms with Gasteiger partial charge in [-0.05, 0) is 52.6 Å². The van der Waals surface area contributed by atoms with Crippen molar-refractivity contribution in [1.82, 2.24) is 4.40 Å². The standard InChI is InChI=1S/C28H24N2O3S2/c1-2-19-21(16-24-20(12-15-35-24)23-11-7-14-34-23)30-13-6-10-22(26(30)25(19)27(31)28(29)32)33-17-18-8-4-3-5-9-18/h3-15H,2,16-17H2,1H3,(H2,29,32). The van der Waals surface area contributed by atoms with Crippen molar-refractivity contribution in [2.24, 2.45) is 5.73 Å². The molecule has 0 saturated carbocycles. The Bertz CT molecular complexity index is 1500. The van der Waals surface area contributed by atoms with Crippen LogP contribution < -0.4 is 10.5 Å². The minimum absolute atomic E-state index is 0.341. The molecule has 7 heteroatoms. The van der Waals surface area contributed by atoms with Crippen LogP contribution in [0, 0.1) is 0 Å². The molecule has 2 N–H and O–H groups in total. The number of carbonyl (C=O) groups excluding carboxylic acids is 2. The van der Waals surface area contributed by atoms with E-state index in [0.717, 1.165) is 16.8 Å². The van der Waals surface area contributed by atoms with Crippen molar-refractivity contribution in [2.45, 2.75) is 26.4 Å². The SMILES string of the molecule is CCc1c(C(=O)C(N)=O)c2c(OCc3ccccc3)cccn2c1Cc1sccc1-c1cccs1. The van der Waals surface area contributed by atoms with Gasteiger partial charge in [-0.15, -0.1) is 22.7 Å². The second-order valence-corrected chi connectivity index (χ2v) is 10.1. The molecule has 5 nitrogen and oxygen atoms in total. The molecule has 0 aliphatic rings. The van der Waals surface area contributed by atoms with Crippen LogP contribution in [0.4, 0.5) is 0 Å². The monoisotopic (exact) mass is 500 g/mol. The van der Waals surface area contributed by atoms with Gasteiger partial charge in [0.15, 0.2) is 0 Å². The average molecular weight is 501 g/mol. The molecular weight excluding hydrogens is 476 g/mol. The van der Waals surface area contributed by atoms with E-state index in [1.54, 1.807) is 22.7 Å². The first kappa shape index (κ1) is 23.1. The third-order valence-electron chi connectivity index (χ3n) is 6.04. The van der Waals surface area contributed by atoms with Crippen molar-refractivity contribution in [3.63, 3.8) is 0 Å². The highest BCUT2D eigenvalue weighted by atomic mass is 32.1. The second kappa shape index (κ2) is 9.90. The van der Waals surface area contributed by atoms with Gasteiger partial charge >= 0.3 is 0 Å². The molecule has 176 valence electrons. The third kappa shape index (κ3) is 4.40. The van der Waals surface area contributed by atoms with Gasteiger partial charge in [-0.1, -0.05) is 43.3 Å². The van der Waals surface area contributed by atoms with Crippen molar-refractivity contribution in [2.75, 3.05) is 0 Å². The van der Waals surface area contributed by atoms with Crippen LogP contribution in [0.25, 0.3) is 16.0 Å². The zero-order valence-corrected chi connectivity index (χ0v) is 20.8. The van der Waals surface area contributed by atoms with Crippen molar-refractivity contribution in [1.29, 1.82) is 0 Å². The Labute approximate surface area is 211 Å². The molecule has 0 spiro atoms. The number of pyridine rings is 1. The lowest BCUT2D eigenvalue weighted by Gasteiger charge is -2.11. The fraction of sp³-hybridized carbons (Fsp3) is 0.143. The second-order valence-electron chi connectivity index (χ2n) is 8.12. The van der Waals surface area contributed by atoms with Gasteiger partial charge in [0.2, 0.25) is 0 Å². The number of rotatable bonds is 9. The number of nitrogens with zero attached hydrogens (tertiary/aromatic N) is 1. The molecule has 0 atom stereocenters. The van der Waals surface area contributed by atoms with E-state index in [2.05, 4.69) is 22.9 Å². The number of carbonyl (C=O) groups is 2. The Kier molecular flexibility index (Phi) is 6.53. The normalized spacial score (nSPS) is 11.1. The first-order chi connectivity index (χ1) is 17.1. The summed E-state index contributed by atoms with van der Waals surface area (Å²) in [6.45, 7) is 2.34. The highest BCUT2D eigenvalue weighted by Gasteiger charge is 2.28. The van der Waals surface area contributed by atoms with Crippen LogP contribution in [0.5, 0.6) is 5.75 Å². The molecule has 4 heterocycles. The molecule has 1 amide bonds. The molecule has 0 aliphatic carbocycles. The van der Waals surface area contributed by atoms with Crippen molar-refractivity contribution in [3.8, 4) is 16.2 Å². The van der Waals surface area contributed by atoms with Crippen LogP contribution in [-0.4, -0.2) is 16.1 Å². The number of aromatic nitrogens is 1. The quantitative estimate of drug-likeness (QED) is 0.195. The number of fused-ring (bicyclic) bond motifs is 1. The van der Waals surface area contributed by atoms with Crippen LogP contribution in [0.2, 0.25) is 0 Å². The lowest BCUT2D eigenvalue weighted by atomic mass is 10.00. The summed E-state index contributed by atoms with van der Waals surface area (Å²) < 4.78 is 8.18. The molecule has 5 rings (SSSR count). The summed E-state index contributed by atoms with van der Waals surface area (Å²) in [5.41, 5.74) is 10.4. The summed E-state index contributed by atoms with van der Waals surface area (Å²) in [5, 5.41) is 4.16. The van der Waals surface area contributed by atoms with E-state index in [1.165, 1.54) is 15.3 Å². The van der Waals surface area contributed by atoms with Crippen LogP contribution in [-0.2, 0) is 24.2 Å². The highest BCUT2D eigenvalue weighted by Crippen LogP contribution is 2.37. The Morgan fingerprint density at radius 2 is 1.80 bits per heavy atom. The molecule has 0 aliphatic heterocycles. The van der Waals surface area contributed by atoms with Gasteiger partial charge in [0, 0.05) is 33.6 Å². The molecular formula is C28H24N2O3S2. The summed E-state index contributed by atoms with van der Waals surface area (Å²) in [4.78, 5) is 27.6. The molecule has 0 fully saturated rings. The van der Waals surface area contributed by atoms with Gasteiger partial charge in [-0.25, -0.2) is 0 Å². The molecule has 0 saturated heterocycles. The number of nitrogens with two attached hydrogens (primary N) is 1. The average Bonchev–Trinajstić information content (AvgIpc) is 3.62. The number of ketones is 1. The number of primary amides is 1. The minimum atomic E-state index is -0.966. The molecule has 1 aromatic carbocycles. The molecule has 5 aromatic rings. The van der Waals surface area contributed by atoms with E-state index >= 15 is 0 Å². The Balaban J connectivity index is 1.65. The number of hydrogen-bond donors (Lipinski definition) is 1. The van der Waals surface area contributed by atoms with Gasteiger partial charge in [0.1, 0.15) is 12.4 Å². The molecule has 0 unspecified atom stereocenters. The Morgan fingerprint density at radius 1 is 0.971 bits per heavy atom. The summed E-state index contributed by atoms with van der Waals surface area (Å²) in [6, 6.07) is 19.9. The van der Waals surface area contributed by atoms with E-state index < -0.39 is 11.7 Å². The molecule has 4 aromatic heterocycles. The topological polar surface area (TPSA) is 73.8 Å². The van der Waals surface area contributed by atoms with Gasteiger partial charge in [0.25, 0.3) is 11.7 Å². The molecule has 35 heavy (non-hydrogen) atoms.